The zero-order valence-electron chi connectivity index (χ0n) is 6.60. The van der Waals surface area contributed by atoms with Crippen molar-refractivity contribution in [3.8, 4) is 0 Å². The number of pyridine rings is 1. The van der Waals surface area contributed by atoms with Gasteiger partial charge in [0.1, 0.15) is 5.69 Å². The van der Waals surface area contributed by atoms with Gasteiger partial charge in [-0.1, -0.05) is 0 Å². The number of aromatic nitrogens is 1. The van der Waals surface area contributed by atoms with Gasteiger partial charge in [-0.05, 0) is 11.6 Å². The first-order chi connectivity index (χ1) is 6.45. The first-order valence-electron chi connectivity index (χ1n) is 3.37. The third kappa shape index (κ3) is 1.79. The molecule has 0 aromatic carbocycles. The van der Waals surface area contributed by atoms with Crippen LogP contribution in [0.5, 0.6) is 0 Å². The molecule has 0 radical (unpaired) electrons. The average Bonchev–Trinajstić information content (AvgIpc) is 2.08. The third-order valence-electron chi connectivity index (χ3n) is 1.50. The Morgan fingerprint density at radius 3 is 2.57 bits per heavy atom. The molecule has 0 amide bonds. The number of nitrogens with two attached hydrogens (primary N) is 1. The number of anilines is 1. The second-order valence-electron chi connectivity index (χ2n) is 2.36. The Morgan fingerprint density at radius 2 is 2.14 bits per heavy atom. The van der Waals surface area contributed by atoms with E-state index in [9.17, 15) is 18.0 Å². The highest BCUT2D eigenvalue weighted by atomic mass is 35.5. The molecule has 14 heavy (non-hydrogen) atoms. The van der Waals surface area contributed by atoms with Gasteiger partial charge in [0.25, 0.3) is 11.7 Å². The van der Waals surface area contributed by atoms with Crippen LogP contribution in [-0.4, -0.2) is 10.2 Å². The lowest BCUT2D eigenvalue weighted by atomic mass is 10.2. The van der Waals surface area contributed by atoms with Crippen molar-refractivity contribution < 1.29 is 18.0 Å². The van der Waals surface area contributed by atoms with Crippen LogP contribution in [0.15, 0.2) is 6.20 Å². The lowest BCUT2D eigenvalue weighted by Gasteiger charge is -2.05. The van der Waals surface area contributed by atoms with Crippen LogP contribution in [0, 0.1) is 5.82 Å². The molecule has 3 nitrogen and oxygen atoms in total. The minimum atomic E-state index is -3.00. The molecule has 0 saturated carbocycles. The van der Waals surface area contributed by atoms with Gasteiger partial charge in [0.2, 0.25) is 0 Å². The summed E-state index contributed by atoms with van der Waals surface area (Å²) in [6.07, 6.45) is -2.37. The van der Waals surface area contributed by atoms with Crippen LogP contribution in [-0.2, 0) is 0 Å². The van der Waals surface area contributed by atoms with Gasteiger partial charge in [-0.25, -0.2) is 13.2 Å². The molecule has 2 N–H and O–H groups in total. The van der Waals surface area contributed by atoms with E-state index >= 15 is 0 Å². The molecule has 0 aliphatic carbocycles. The Hall–Kier alpha value is -1.30. The fourth-order valence-electron chi connectivity index (χ4n) is 0.829. The van der Waals surface area contributed by atoms with Crippen LogP contribution < -0.4 is 5.73 Å². The molecule has 1 aromatic heterocycles. The molecule has 1 heterocycles. The smallest absolute Gasteiger partial charge is 0.282 e. The van der Waals surface area contributed by atoms with E-state index in [-0.39, 0.29) is 0 Å². The first-order valence-corrected chi connectivity index (χ1v) is 3.74. The molecule has 0 aliphatic rings. The molecule has 0 bridgehead atoms. The summed E-state index contributed by atoms with van der Waals surface area (Å²) in [4.78, 5) is 13.7. The summed E-state index contributed by atoms with van der Waals surface area (Å²) in [5.74, 6) is -1.27. The number of carbonyl (C=O) groups excluding carboxylic acids is 1. The van der Waals surface area contributed by atoms with Crippen molar-refractivity contribution in [3.05, 3.63) is 23.3 Å². The lowest BCUT2D eigenvalue weighted by Crippen LogP contribution is -2.06. The molecule has 0 saturated heterocycles. The van der Waals surface area contributed by atoms with E-state index in [1.54, 1.807) is 0 Å². The van der Waals surface area contributed by atoms with Crippen molar-refractivity contribution in [3.63, 3.8) is 0 Å². The van der Waals surface area contributed by atoms with Crippen LogP contribution in [0.1, 0.15) is 22.5 Å². The Bertz CT molecular complexity index is 383. The van der Waals surface area contributed by atoms with Gasteiger partial charge < -0.3 is 5.73 Å². The van der Waals surface area contributed by atoms with E-state index in [1.807, 2.05) is 0 Å². The topological polar surface area (TPSA) is 56.0 Å². The number of hydrogen-bond acceptors (Lipinski definition) is 3. The molecule has 0 atom stereocenters. The summed E-state index contributed by atoms with van der Waals surface area (Å²) in [6.45, 7) is 0. The van der Waals surface area contributed by atoms with Crippen molar-refractivity contribution in [1.29, 1.82) is 0 Å². The highest BCUT2D eigenvalue weighted by Crippen LogP contribution is 2.26. The fraction of sp³-hybridized carbons (Fsp3) is 0.143. The predicted octanol–water partition coefficient (Wildman–Crippen LogP) is 2.12. The maximum atomic E-state index is 13.1. The Kier molecular flexibility index (Phi) is 2.95. The normalized spacial score (nSPS) is 10.6. The van der Waals surface area contributed by atoms with Crippen molar-refractivity contribution in [2.45, 2.75) is 6.43 Å². The number of rotatable bonds is 2. The van der Waals surface area contributed by atoms with Gasteiger partial charge in [-0.15, -0.1) is 0 Å². The molecule has 76 valence electrons. The number of carbonyl (C=O) groups is 1. The zero-order valence-corrected chi connectivity index (χ0v) is 7.36. The molecule has 1 rings (SSSR count). The number of nitrogens with zero attached hydrogens (tertiary/aromatic N) is 1. The number of alkyl halides is 2. The van der Waals surface area contributed by atoms with Crippen LogP contribution >= 0.6 is 11.6 Å². The number of hydrogen-bond donors (Lipinski definition) is 1. The quantitative estimate of drug-likeness (QED) is 0.783. The molecule has 1 aromatic rings. The van der Waals surface area contributed by atoms with Gasteiger partial charge in [-0.3, -0.25) is 9.78 Å². The van der Waals surface area contributed by atoms with Gasteiger partial charge >= 0.3 is 0 Å². The predicted molar refractivity (Wildman–Crippen MR) is 43.7 cm³/mol. The molecular weight excluding hydrogens is 221 g/mol. The van der Waals surface area contributed by atoms with Crippen molar-refractivity contribution in [1.82, 2.24) is 4.98 Å². The summed E-state index contributed by atoms with van der Waals surface area (Å²) in [6, 6.07) is 0. The Morgan fingerprint density at radius 1 is 1.57 bits per heavy atom. The first kappa shape index (κ1) is 10.8. The average molecular weight is 225 g/mol. The van der Waals surface area contributed by atoms with Crippen LogP contribution in [0.3, 0.4) is 0 Å². The highest BCUT2D eigenvalue weighted by Gasteiger charge is 2.21. The van der Waals surface area contributed by atoms with Gasteiger partial charge in [0.15, 0.2) is 5.82 Å². The second-order valence-corrected chi connectivity index (χ2v) is 2.70. The third-order valence-corrected chi connectivity index (χ3v) is 1.70. The van der Waals surface area contributed by atoms with Crippen molar-refractivity contribution in [2.24, 2.45) is 0 Å². The SMILES string of the molecule is Nc1c(C(F)F)ncc(C(=O)Cl)c1F. The van der Waals surface area contributed by atoms with Gasteiger partial charge in [0.05, 0.1) is 11.3 Å². The monoisotopic (exact) mass is 224 g/mol. The molecule has 0 spiro atoms. The maximum absolute atomic E-state index is 13.1. The molecule has 0 fully saturated rings. The molecular formula is C7H4ClF3N2O. The Labute approximate surface area is 81.7 Å². The van der Waals surface area contributed by atoms with E-state index in [4.69, 9.17) is 17.3 Å². The van der Waals surface area contributed by atoms with Crippen LogP contribution in [0.4, 0.5) is 18.9 Å². The summed E-state index contributed by atoms with van der Waals surface area (Å²) in [5, 5.41) is -1.14. The largest absolute Gasteiger partial charge is 0.395 e. The highest BCUT2D eigenvalue weighted by molar-refractivity contribution is 6.67. The van der Waals surface area contributed by atoms with E-state index < -0.39 is 34.4 Å². The minimum absolute atomic E-state index is 0.617. The van der Waals surface area contributed by atoms with E-state index in [1.165, 1.54) is 0 Å². The van der Waals surface area contributed by atoms with Gasteiger partial charge in [0, 0.05) is 6.20 Å². The standard InChI is InChI=1S/C7H4ClF3N2O/c8-6(14)2-1-13-5(7(10)11)4(12)3(2)9/h1,7H,12H2. The molecule has 0 aliphatic heterocycles. The summed E-state index contributed by atoms with van der Waals surface area (Å²) in [7, 11) is 0. The van der Waals surface area contributed by atoms with E-state index in [2.05, 4.69) is 4.98 Å². The number of halogens is 4. The fourth-order valence-corrected chi connectivity index (χ4v) is 0.961. The summed E-state index contributed by atoms with van der Waals surface area (Å²) in [5.41, 5.74) is 2.62. The van der Waals surface area contributed by atoms with Crippen molar-refractivity contribution in [2.75, 3.05) is 5.73 Å². The van der Waals surface area contributed by atoms with Crippen LogP contribution in [0.25, 0.3) is 0 Å². The number of nitrogen functional groups attached to an aromatic ring is 1. The molecule has 0 unspecified atom stereocenters. The Balaban J connectivity index is 3.33. The van der Waals surface area contributed by atoms with E-state index in [0.29, 0.717) is 6.20 Å². The minimum Gasteiger partial charge on any atom is -0.395 e. The maximum Gasteiger partial charge on any atom is 0.282 e. The lowest BCUT2D eigenvalue weighted by molar-refractivity contribution is 0.107. The summed E-state index contributed by atoms with van der Waals surface area (Å²) >= 11 is 4.95. The second kappa shape index (κ2) is 3.83. The zero-order chi connectivity index (χ0) is 10.9. The van der Waals surface area contributed by atoms with E-state index in [0.717, 1.165) is 0 Å². The summed E-state index contributed by atoms with van der Waals surface area (Å²) < 4.78 is 37.3. The van der Waals surface area contributed by atoms with Crippen molar-refractivity contribution >= 4 is 22.5 Å². The van der Waals surface area contributed by atoms with Gasteiger partial charge in [-0.2, -0.15) is 0 Å². The van der Waals surface area contributed by atoms with Crippen LogP contribution in [0.2, 0.25) is 0 Å². The molecule has 7 heteroatoms.